The number of fused-ring (bicyclic) bond motifs is 1. The van der Waals surface area contributed by atoms with Crippen LogP contribution in [0.5, 0.6) is 0 Å². The lowest BCUT2D eigenvalue weighted by atomic mass is 9.92. The molecule has 0 aromatic heterocycles. The van der Waals surface area contributed by atoms with Crippen LogP contribution in [0.1, 0.15) is 40.7 Å². The van der Waals surface area contributed by atoms with Gasteiger partial charge < -0.3 is 9.69 Å². The zero-order chi connectivity index (χ0) is 24.4. The predicted octanol–water partition coefficient (Wildman–Crippen LogP) is 6.30. The fraction of sp³-hybridized carbons (Fsp3) is 0.286. The number of benzene rings is 3. The van der Waals surface area contributed by atoms with E-state index in [1.54, 1.807) is 11.0 Å². The van der Waals surface area contributed by atoms with Crippen molar-refractivity contribution >= 4 is 18.9 Å². The third-order valence-electron chi connectivity index (χ3n) is 5.75. The van der Waals surface area contributed by atoms with E-state index in [-0.39, 0.29) is 17.7 Å². The minimum absolute atomic E-state index is 0.0196. The number of carbonyl (C=O) groups excluding carboxylic acids is 2. The molecule has 0 bridgehead atoms. The molecule has 1 aliphatic rings. The first-order chi connectivity index (χ1) is 15.9. The Kier molecular flexibility index (Phi) is 9.92. The van der Waals surface area contributed by atoms with Gasteiger partial charge in [-0.25, -0.2) is 8.78 Å². The normalized spacial score (nSPS) is 14.2. The molecule has 0 N–H and O–H groups in total. The van der Waals surface area contributed by atoms with E-state index in [0.29, 0.717) is 18.4 Å². The van der Waals surface area contributed by atoms with Gasteiger partial charge in [-0.3, -0.25) is 4.79 Å². The standard InChI is InChI=1S/C19H19F2NO.C8H10.CH2O/c1-13-2-3-14(18(21)10-13)4-7-17-8-5-15-11-16(20)6-9-19(15)22(17)12-23;1-7-3-5-8(2)6-4-7;1-2/h2-3,6,9-12,17H,4-5,7-8H2,1H3;3-6H,1-2H3;1H2. The number of carbonyl (C=O) groups is 2. The van der Waals surface area contributed by atoms with Crippen molar-refractivity contribution in [3.63, 3.8) is 0 Å². The SMILES string of the molecule is C=O.Cc1ccc(C)cc1.Cc1ccc(CCC2CCc3cc(F)ccc3N2C=O)c(F)c1. The van der Waals surface area contributed by atoms with Crippen molar-refractivity contribution in [2.75, 3.05) is 4.90 Å². The third-order valence-corrected chi connectivity index (χ3v) is 5.75. The summed E-state index contributed by atoms with van der Waals surface area (Å²) in [6.07, 6.45) is 3.57. The highest BCUT2D eigenvalue weighted by Crippen LogP contribution is 2.32. The van der Waals surface area contributed by atoms with Gasteiger partial charge in [-0.2, -0.15) is 0 Å². The molecule has 1 aliphatic heterocycles. The van der Waals surface area contributed by atoms with Gasteiger partial charge in [-0.1, -0.05) is 47.5 Å². The van der Waals surface area contributed by atoms with Crippen molar-refractivity contribution in [2.24, 2.45) is 0 Å². The summed E-state index contributed by atoms with van der Waals surface area (Å²) in [7, 11) is 0. The molecule has 0 spiro atoms. The van der Waals surface area contributed by atoms with Crippen molar-refractivity contribution in [3.8, 4) is 0 Å². The molecular formula is C28H31F2NO2. The number of halogens is 2. The monoisotopic (exact) mass is 451 g/mol. The molecule has 0 saturated carbocycles. The van der Waals surface area contributed by atoms with Gasteiger partial charge in [-0.05, 0) is 87.4 Å². The molecule has 0 radical (unpaired) electrons. The molecule has 0 saturated heterocycles. The highest BCUT2D eigenvalue weighted by molar-refractivity contribution is 5.79. The van der Waals surface area contributed by atoms with E-state index in [2.05, 4.69) is 38.1 Å². The van der Waals surface area contributed by atoms with E-state index in [1.165, 1.54) is 29.3 Å². The first kappa shape index (κ1) is 25.9. The second kappa shape index (κ2) is 12.6. The van der Waals surface area contributed by atoms with E-state index < -0.39 is 0 Å². The van der Waals surface area contributed by atoms with Gasteiger partial charge in [0.1, 0.15) is 18.4 Å². The van der Waals surface area contributed by atoms with E-state index in [1.807, 2.05) is 25.8 Å². The average molecular weight is 452 g/mol. The Balaban J connectivity index is 0.000000323. The molecule has 1 amide bonds. The van der Waals surface area contributed by atoms with Crippen molar-refractivity contribution < 1.29 is 18.4 Å². The van der Waals surface area contributed by atoms with Gasteiger partial charge >= 0.3 is 0 Å². The van der Waals surface area contributed by atoms with Crippen LogP contribution in [0.25, 0.3) is 0 Å². The Hall–Kier alpha value is -3.34. The van der Waals surface area contributed by atoms with Crippen LogP contribution in [-0.4, -0.2) is 19.2 Å². The lowest BCUT2D eigenvalue weighted by Gasteiger charge is -2.34. The molecule has 1 heterocycles. The van der Waals surface area contributed by atoms with Crippen LogP contribution < -0.4 is 4.90 Å². The van der Waals surface area contributed by atoms with E-state index in [9.17, 15) is 13.6 Å². The lowest BCUT2D eigenvalue weighted by molar-refractivity contribution is -0.108. The quantitative estimate of drug-likeness (QED) is 0.437. The number of hydrogen-bond donors (Lipinski definition) is 0. The van der Waals surface area contributed by atoms with Gasteiger partial charge in [0, 0.05) is 11.7 Å². The van der Waals surface area contributed by atoms with Gasteiger partial charge in [0.2, 0.25) is 6.41 Å². The zero-order valence-electron chi connectivity index (χ0n) is 19.5. The number of anilines is 1. The van der Waals surface area contributed by atoms with Gasteiger partial charge in [0.25, 0.3) is 0 Å². The summed E-state index contributed by atoms with van der Waals surface area (Å²) in [6.45, 7) is 8.05. The highest BCUT2D eigenvalue weighted by atomic mass is 19.1. The lowest BCUT2D eigenvalue weighted by Crippen LogP contribution is -2.38. The first-order valence-electron chi connectivity index (χ1n) is 11.0. The van der Waals surface area contributed by atoms with Crippen LogP contribution >= 0.6 is 0 Å². The molecule has 3 nitrogen and oxygen atoms in total. The molecule has 33 heavy (non-hydrogen) atoms. The summed E-state index contributed by atoms with van der Waals surface area (Å²) < 4.78 is 27.3. The Morgan fingerprint density at radius 2 is 1.52 bits per heavy atom. The van der Waals surface area contributed by atoms with Crippen LogP contribution in [-0.2, 0) is 22.4 Å². The van der Waals surface area contributed by atoms with Crippen molar-refractivity contribution in [1.82, 2.24) is 0 Å². The largest absolute Gasteiger partial charge is 0.312 e. The minimum Gasteiger partial charge on any atom is -0.312 e. The maximum absolute atomic E-state index is 13.9. The molecule has 4 rings (SSSR count). The maximum Gasteiger partial charge on any atom is 0.214 e. The summed E-state index contributed by atoms with van der Waals surface area (Å²) in [6, 6.07) is 18.3. The fourth-order valence-corrected chi connectivity index (χ4v) is 3.90. The molecule has 3 aromatic rings. The van der Waals surface area contributed by atoms with Crippen LogP contribution in [0.15, 0.2) is 60.7 Å². The van der Waals surface area contributed by atoms with Crippen LogP contribution in [0, 0.1) is 32.4 Å². The van der Waals surface area contributed by atoms with Crippen LogP contribution in [0.4, 0.5) is 14.5 Å². The Morgan fingerprint density at radius 1 is 0.909 bits per heavy atom. The number of rotatable bonds is 4. The molecule has 0 fully saturated rings. The second-order valence-corrected chi connectivity index (χ2v) is 8.27. The molecule has 1 unspecified atom stereocenters. The average Bonchev–Trinajstić information content (AvgIpc) is 2.81. The molecule has 3 aromatic carbocycles. The number of nitrogens with zero attached hydrogens (tertiary/aromatic N) is 1. The summed E-state index contributed by atoms with van der Waals surface area (Å²) in [5, 5.41) is 0. The number of aryl methyl sites for hydroxylation is 5. The van der Waals surface area contributed by atoms with Crippen molar-refractivity contribution in [2.45, 2.75) is 52.5 Å². The van der Waals surface area contributed by atoms with E-state index >= 15 is 0 Å². The van der Waals surface area contributed by atoms with Crippen molar-refractivity contribution in [3.05, 3.63) is 100 Å². The van der Waals surface area contributed by atoms with E-state index in [0.717, 1.165) is 36.1 Å². The van der Waals surface area contributed by atoms with Gasteiger partial charge in [0.15, 0.2) is 0 Å². The van der Waals surface area contributed by atoms with Gasteiger partial charge in [0.05, 0.1) is 0 Å². The third kappa shape index (κ3) is 7.35. The Labute approximate surface area is 195 Å². The molecule has 174 valence electrons. The smallest absolute Gasteiger partial charge is 0.214 e. The molecule has 0 aliphatic carbocycles. The number of hydrogen-bond acceptors (Lipinski definition) is 2. The predicted molar refractivity (Wildman–Crippen MR) is 130 cm³/mol. The molecule has 5 heteroatoms. The summed E-state index contributed by atoms with van der Waals surface area (Å²) in [5.41, 5.74) is 5.85. The summed E-state index contributed by atoms with van der Waals surface area (Å²) in [4.78, 5) is 21.2. The van der Waals surface area contributed by atoms with E-state index in [4.69, 9.17) is 4.79 Å². The number of amides is 1. The topological polar surface area (TPSA) is 37.4 Å². The highest BCUT2D eigenvalue weighted by Gasteiger charge is 2.26. The Bertz CT molecular complexity index is 1030. The fourth-order valence-electron chi connectivity index (χ4n) is 3.90. The zero-order valence-corrected chi connectivity index (χ0v) is 19.5. The minimum atomic E-state index is -0.283. The summed E-state index contributed by atoms with van der Waals surface area (Å²) in [5.74, 6) is -0.476. The maximum atomic E-state index is 13.9. The van der Waals surface area contributed by atoms with Crippen molar-refractivity contribution in [1.29, 1.82) is 0 Å². The van der Waals surface area contributed by atoms with Crippen LogP contribution in [0.2, 0.25) is 0 Å². The molecule has 1 atom stereocenters. The summed E-state index contributed by atoms with van der Waals surface area (Å²) >= 11 is 0. The second-order valence-electron chi connectivity index (χ2n) is 8.27. The van der Waals surface area contributed by atoms with Gasteiger partial charge in [-0.15, -0.1) is 0 Å². The van der Waals surface area contributed by atoms with Crippen LogP contribution in [0.3, 0.4) is 0 Å². The Morgan fingerprint density at radius 3 is 2.09 bits per heavy atom. The first-order valence-corrected chi connectivity index (χ1v) is 11.0. The molecular weight excluding hydrogens is 420 g/mol.